The summed E-state index contributed by atoms with van der Waals surface area (Å²) in [6.07, 6.45) is 7.67. The Bertz CT molecular complexity index is 640. The second-order valence-corrected chi connectivity index (χ2v) is 6.14. The summed E-state index contributed by atoms with van der Waals surface area (Å²) in [6.45, 7) is 0.618. The highest BCUT2D eigenvalue weighted by molar-refractivity contribution is 5.74. The molecule has 1 aliphatic rings. The smallest absolute Gasteiger partial charge is 0.315 e. The lowest BCUT2D eigenvalue weighted by molar-refractivity contribution is 0.107. The summed E-state index contributed by atoms with van der Waals surface area (Å²) in [5.74, 6) is 0. The number of amides is 2. The number of methoxy groups -OCH3 is 1. The zero-order valence-electron chi connectivity index (χ0n) is 13.9. The van der Waals surface area contributed by atoms with Gasteiger partial charge in [0.05, 0.1) is 11.8 Å². The molecule has 1 aromatic carbocycles. The zero-order chi connectivity index (χ0) is 16.8. The van der Waals surface area contributed by atoms with Gasteiger partial charge in [0.15, 0.2) is 0 Å². The monoisotopic (exact) mass is 328 g/mol. The summed E-state index contributed by atoms with van der Waals surface area (Å²) in [6, 6.07) is 10.2. The third-order valence-electron chi connectivity index (χ3n) is 4.46. The Morgan fingerprint density at radius 2 is 2.17 bits per heavy atom. The van der Waals surface area contributed by atoms with Crippen LogP contribution in [-0.2, 0) is 11.2 Å². The lowest BCUT2D eigenvalue weighted by Gasteiger charge is -2.14. The topological polar surface area (TPSA) is 68.2 Å². The van der Waals surface area contributed by atoms with Crippen molar-refractivity contribution in [3.63, 3.8) is 0 Å². The van der Waals surface area contributed by atoms with E-state index in [4.69, 9.17) is 4.74 Å². The van der Waals surface area contributed by atoms with Gasteiger partial charge in [0.2, 0.25) is 0 Å². The number of ether oxygens (including phenoxy) is 1. The molecule has 6 nitrogen and oxygen atoms in total. The second kappa shape index (κ2) is 7.97. The maximum absolute atomic E-state index is 11.9. The van der Waals surface area contributed by atoms with Crippen LogP contribution in [0.2, 0.25) is 0 Å². The van der Waals surface area contributed by atoms with Crippen molar-refractivity contribution in [2.75, 3.05) is 13.7 Å². The van der Waals surface area contributed by atoms with E-state index < -0.39 is 0 Å². The molecular weight excluding hydrogens is 304 g/mol. The number of aromatic nitrogens is 2. The molecule has 3 rings (SSSR count). The van der Waals surface area contributed by atoms with Crippen LogP contribution >= 0.6 is 0 Å². The van der Waals surface area contributed by atoms with Crippen molar-refractivity contribution in [2.45, 2.75) is 37.8 Å². The van der Waals surface area contributed by atoms with Crippen LogP contribution in [0.25, 0.3) is 5.69 Å². The van der Waals surface area contributed by atoms with Crippen molar-refractivity contribution in [3.05, 3.63) is 48.3 Å². The molecule has 2 N–H and O–H groups in total. The molecule has 1 heterocycles. The first-order valence-corrected chi connectivity index (χ1v) is 8.40. The number of carbonyl (C=O) groups excluding carboxylic acids is 1. The van der Waals surface area contributed by atoms with Crippen LogP contribution in [0.3, 0.4) is 0 Å². The third-order valence-corrected chi connectivity index (χ3v) is 4.46. The summed E-state index contributed by atoms with van der Waals surface area (Å²) in [5.41, 5.74) is 2.22. The number of nitrogens with zero attached hydrogens (tertiary/aromatic N) is 2. The van der Waals surface area contributed by atoms with Gasteiger partial charge in [0.1, 0.15) is 0 Å². The summed E-state index contributed by atoms with van der Waals surface area (Å²) >= 11 is 0. The Kier molecular flexibility index (Phi) is 5.48. The number of rotatable bonds is 6. The van der Waals surface area contributed by atoms with Gasteiger partial charge in [0.25, 0.3) is 0 Å². The van der Waals surface area contributed by atoms with E-state index in [0.717, 1.165) is 31.4 Å². The van der Waals surface area contributed by atoms with E-state index in [1.165, 1.54) is 5.56 Å². The predicted octanol–water partition coefficient (Wildman–Crippen LogP) is 2.28. The first kappa shape index (κ1) is 16.5. The molecule has 0 saturated heterocycles. The molecule has 1 aromatic heterocycles. The Morgan fingerprint density at radius 1 is 1.33 bits per heavy atom. The van der Waals surface area contributed by atoms with Crippen molar-refractivity contribution in [2.24, 2.45) is 0 Å². The fourth-order valence-electron chi connectivity index (χ4n) is 3.08. The lowest BCUT2D eigenvalue weighted by Crippen LogP contribution is -2.41. The van der Waals surface area contributed by atoms with Crippen LogP contribution in [0.5, 0.6) is 0 Å². The highest BCUT2D eigenvalue weighted by Gasteiger charge is 2.25. The predicted molar refractivity (Wildman–Crippen MR) is 92.2 cm³/mol. The minimum absolute atomic E-state index is 0.0927. The molecular formula is C18H24N4O2. The maximum Gasteiger partial charge on any atom is 0.315 e. The number of urea groups is 1. The minimum atomic E-state index is -0.0927. The van der Waals surface area contributed by atoms with E-state index >= 15 is 0 Å². The molecule has 2 amide bonds. The van der Waals surface area contributed by atoms with Gasteiger partial charge in [0, 0.05) is 32.1 Å². The number of benzene rings is 1. The fourth-order valence-corrected chi connectivity index (χ4v) is 3.08. The minimum Gasteiger partial charge on any atom is -0.381 e. The largest absolute Gasteiger partial charge is 0.381 e. The maximum atomic E-state index is 11.9. The van der Waals surface area contributed by atoms with Crippen LogP contribution < -0.4 is 10.6 Å². The normalized spacial score (nSPS) is 20.0. The molecule has 0 bridgehead atoms. The van der Waals surface area contributed by atoms with Crippen molar-refractivity contribution < 1.29 is 9.53 Å². The molecule has 0 radical (unpaired) electrons. The van der Waals surface area contributed by atoms with Crippen LogP contribution in [-0.4, -0.2) is 41.6 Å². The zero-order valence-corrected chi connectivity index (χ0v) is 13.9. The van der Waals surface area contributed by atoms with Gasteiger partial charge in [-0.25, -0.2) is 9.48 Å². The molecule has 0 aliphatic heterocycles. The Balaban J connectivity index is 1.39. The van der Waals surface area contributed by atoms with Crippen molar-refractivity contribution in [1.82, 2.24) is 20.4 Å². The van der Waals surface area contributed by atoms with Gasteiger partial charge in [-0.05, 0) is 49.4 Å². The van der Waals surface area contributed by atoms with Gasteiger partial charge < -0.3 is 15.4 Å². The van der Waals surface area contributed by atoms with E-state index in [9.17, 15) is 4.79 Å². The van der Waals surface area contributed by atoms with E-state index in [2.05, 4.69) is 27.9 Å². The summed E-state index contributed by atoms with van der Waals surface area (Å²) in [5, 5.41) is 10.1. The van der Waals surface area contributed by atoms with Crippen LogP contribution in [0.15, 0.2) is 42.7 Å². The molecule has 1 fully saturated rings. The summed E-state index contributed by atoms with van der Waals surface area (Å²) < 4.78 is 7.14. The highest BCUT2D eigenvalue weighted by Crippen LogP contribution is 2.21. The first-order valence-electron chi connectivity index (χ1n) is 8.40. The second-order valence-electron chi connectivity index (χ2n) is 6.14. The SMILES string of the molecule is CO[C@H]1CC[C@H](NC(=O)NCCc2ccc(-n3cccn3)cc2)C1. The molecule has 24 heavy (non-hydrogen) atoms. The average Bonchev–Trinajstić information content (AvgIpc) is 3.27. The number of nitrogens with one attached hydrogen (secondary N) is 2. The molecule has 0 unspecified atom stereocenters. The highest BCUT2D eigenvalue weighted by atomic mass is 16.5. The molecule has 128 valence electrons. The fraction of sp³-hybridized carbons (Fsp3) is 0.444. The number of hydrogen-bond donors (Lipinski definition) is 2. The van der Waals surface area contributed by atoms with E-state index in [1.807, 2.05) is 29.1 Å². The van der Waals surface area contributed by atoms with E-state index in [0.29, 0.717) is 6.54 Å². The van der Waals surface area contributed by atoms with E-state index in [-0.39, 0.29) is 18.2 Å². The number of carbonyl (C=O) groups is 1. The van der Waals surface area contributed by atoms with Gasteiger partial charge in [-0.3, -0.25) is 0 Å². The Morgan fingerprint density at radius 3 is 2.83 bits per heavy atom. The molecule has 6 heteroatoms. The Labute approximate surface area is 142 Å². The van der Waals surface area contributed by atoms with Gasteiger partial charge in [-0.1, -0.05) is 12.1 Å². The molecule has 1 aliphatic carbocycles. The van der Waals surface area contributed by atoms with Crippen LogP contribution in [0.4, 0.5) is 4.79 Å². The van der Waals surface area contributed by atoms with Gasteiger partial charge in [-0.2, -0.15) is 5.10 Å². The number of hydrogen-bond acceptors (Lipinski definition) is 3. The summed E-state index contributed by atoms with van der Waals surface area (Å²) in [7, 11) is 1.73. The van der Waals surface area contributed by atoms with Crippen molar-refractivity contribution >= 4 is 6.03 Å². The van der Waals surface area contributed by atoms with Crippen molar-refractivity contribution in [3.8, 4) is 5.69 Å². The Hall–Kier alpha value is -2.34. The molecule has 1 saturated carbocycles. The third kappa shape index (κ3) is 4.35. The standard InChI is InChI=1S/C18H24N4O2/c1-24-17-8-5-15(13-17)21-18(23)19-11-9-14-3-6-16(7-4-14)22-12-2-10-20-22/h2-4,6-7,10,12,15,17H,5,8-9,11,13H2,1H3,(H2,19,21,23)/t15-,17-/m0/s1. The first-order chi connectivity index (χ1) is 11.7. The molecule has 2 atom stereocenters. The van der Waals surface area contributed by atoms with E-state index in [1.54, 1.807) is 13.3 Å². The quantitative estimate of drug-likeness (QED) is 0.855. The molecule has 0 spiro atoms. The lowest BCUT2D eigenvalue weighted by atomic mass is 10.1. The average molecular weight is 328 g/mol. The molecule has 2 aromatic rings. The van der Waals surface area contributed by atoms with Crippen molar-refractivity contribution in [1.29, 1.82) is 0 Å². The summed E-state index contributed by atoms with van der Waals surface area (Å²) in [4.78, 5) is 11.9. The van der Waals surface area contributed by atoms with Crippen LogP contribution in [0, 0.1) is 0 Å². The van der Waals surface area contributed by atoms with Crippen LogP contribution in [0.1, 0.15) is 24.8 Å². The van der Waals surface area contributed by atoms with Gasteiger partial charge >= 0.3 is 6.03 Å². The van der Waals surface area contributed by atoms with Gasteiger partial charge in [-0.15, -0.1) is 0 Å².